The van der Waals surface area contributed by atoms with Crippen LogP contribution in [0.4, 0.5) is 11.4 Å². The molecule has 0 aliphatic heterocycles. The maximum Gasteiger partial charge on any atom is 0.263 e. The zero-order valence-corrected chi connectivity index (χ0v) is 12.8. The highest BCUT2D eigenvalue weighted by Gasteiger charge is 2.19. The molecule has 0 saturated carbocycles. The number of nitriles is 1. The van der Waals surface area contributed by atoms with Crippen molar-refractivity contribution >= 4 is 44.6 Å². The molecule has 21 heavy (non-hydrogen) atoms. The van der Waals surface area contributed by atoms with Gasteiger partial charge in [-0.25, -0.2) is 8.42 Å². The van der Waals surface area contributed by atoms with E-state index in [0.717, 1.165) is 0 Å². The number of rotatable bonds is 3. The largest absolute Gasteiger partial charge is 0.399 e. The maximum atomic E-state index is 12.3. The van der Waals surface area contributed by atoms with E-state index in [9.17, 15) is 8.42 Å². The first-order valence-corrected chi connectivity index (χ1v) is 7.85. The third kappa shape index (κ3) is 3.39. The second kappa shape index (κ2) is 5.82. The normalized spacial score (nSPS) is 10.9. The first-order chi connectivity index (χ1) is 9.83. The Morgan fingerprint density at radius 3 is 2.48 bits per heavy atom. The van der Waals surface area contributed by atoms with Crippen molar-refractivity contribution in [1.82, 2.24) is 0 Å². The van der Waals surface area contributed by atoms with Gasteiger partial charge in [-0.1, -0.05) is 23.2 Å². The summed E-state index contributed by atoms with van der Waals surface area (Å²) >= 11 is 11.7. The van der Waals surface area contributed by atoms with E-state index in [2.05, 4.69) is 4.72 Å². The van der Waals surface area contributed by atoms with Crippen molar-refractivity contribution in [2.24, 2.45) is 0 Å². The molecule has 3 N–H and O–H groups in total. The minimum atomic E-state index is -3.96. The molecule has 0 atom stereocenters. The quantitative estimate of drug-likeness (QED) is 0.837. The van der Waals surface area contributed by atoms with Crippen LogP contribution in [0.3, 0.4) is 0 Å². The number of nitrogens with zero attached hydrogens (tertiary/aromatic N) is 1. The highest BCUT2D eigenvalue weighted by atomic mass is 35.5. The maximum absolute atomic E-state index is 12.3. The van der Waals surface area contributed by atoms with E-state index in [-0.39, 0.29) is 21.2 Å². The van der Waals surface area contributed by atoms with Gasteiger partial charge in [0.1, 0.15) is 11.0 Å². The van der Waals surface area contributed by atoms with Crippen LogP contribution in [0.2, 0.25) is 10.0 Å². The Morgan fingerprint density at radius 1 is 1.14 bits per heavy atom. The van der Waals surface area contributed by atoms with E-state index in [0.29, 0.717) is 10.7 Å². The average Bonchev–Trinajstić information content (AvgIpc) is 2.37. The average molecular weight is 342 g/mol. The summed E-state index contributed by atoms with van der Waals surface area (Å²) in [6.45, 7) is 0. The number of halogens is 2. The minimum absolute atomic E-state index is 0.0111. The molecule has 2 aromatic carbocycles. The molecular weight excluding hydrogens is 333 g/mol. The van der Waals surface area contributed by atoms with Crippen molar-refractivity contribution in [3.05, 3.63) is 52.0 Å². The first kappa shape index (κ1) is 15.4. The lowest BCUT2D eigenvalue weighted by Gasteiger charge is -2.11. The third-order valence-electron chi connectivity index (χ3n) is 2.59. The van der Waals surface area contributed by atoms with Crippen molar-refractivity contribution in [3.63, 3.8) is 0 Å². The molecule has 0 amide bonds. The van der Waals surface area contributed by atoms with E-state index < -0.39 is 10.0 Å². The van der Waals surface area contributed by atoms with Crippen LogP contribution < -0.4 is 10.5 Å². The van der Waals surface area contributed by atoms with Gasteiger partial charge in [0.15, 0.2) is 0 Å². The van der Waals surface area contributed by atoms with Gasteiger partial charge < -0.3 is 5.73 Å². The fourth-order valence-electron chi connectivity index (χ4n) is 1.63. The van der Waals surface area contributed by atoms with Gasteiger partial charge in [0.25, 0.3) is 10.0 Å². The summed E-state index contributed by atoms with van der Waals surface area (Å²) in [5.74, 6) is 0. The molecule has 8 heteroatoms. The number of anilines is 2. The van der Waals surface area contributed by atoms with Gasteiger partial charge in [-0.15, -0.1) is 0 Å². The highest BCUT2D eigenvalue weighted by Crippen LogP contribution is 2.28. The molecule has 0 saturated heterocycles. The standard InChI is InChI=1S/C13H9Cl2N3O2S/c14-9-2-1-8(7-16)12(5-9)18-21(19,20)13-4-3-10(17)6-11(13)15/h1-6,18H,17H2. The molecule has 0 bridgehead atoms. The lowest BCUT2D eigenvalue weighted by atomic mass is 10.2. The molecule has 2 rings (SSSR count). The molecule has 0 unspecified atom stereocenters. The fraction of sp³-hybridized carbons (Fsp3) is 0. The Morgan fingerprint density at radius 2 is 1.86 bits per heavy atom. The van der Waals surface area contributed by atoms with Gasteiger partial charge in [0, 0.05) is 10.7 Å². The zero-order valence-electron chi connectivity index (χ0n) is 10.5. The second-order valence-electron chi connectivity index (χ2n) is 4.10. The van der Waals surface area contributed by atoms with Crippen molar-refractivity contribution in [3.8, 4) is 6.07 Å². The number of sulfonamides is 1. The van der Waals surface area contributed by atoms with Crippen LogP contribution in [0.25, 0.3) is 0 Å². The number of nitrogens with one attached hydrogen (secondary N) is 1. The van der Waals surface area contributed by atoms with Crippen LogP contribution in [0.15, 0.2) is 41.3 Å². The third-order valence-corrected chi connectivity index (χ3v) is 4.68. The molecule has 0 aliphatic carbocycles. The monoisotopic (exact) mass is 341 g/mol. The van der Waals surface area contributed by atoms with Crippen LogP contribution in [-0.2, 0) is 10.0 Å². The van der Waals surface area contributed by atoms with E-state index in [1.807, 2.05) is 6.07 Å². The number of nitrogens with two attached hydrogens (primary N) is 1. The fourth-order valence-corrected chi connectivity index (χ4v) is 3.43. The van der Waals surface area contributed by atoms with Crippen molar-refractivity contribution in [1.29, 1.82) is 5.26 Å². The molecule has 5 nitrogen and oxygen atoms in total. The predicted molar refractivity (Wildman–Crippen MR) is 82.8 cm³/mol. The molecule has 0 radical (unpaired) electrons. The van der Waals surface area contributed by atoms with Gasteiger partial charge >= 0.3 is 0 Å². The Labute approximate surface area is 132 Å². The van der Waals surface area contributed by atoms with Crippen LogP contribution in [-0.4, -0.2) is 8.42 Å². The first-order valence-electron chi connectivity index (χ1n) is 5.61. The highest BCUT2D eigenvalue weighted by molar-refractivity contribution is 7.92. The Kier molecular flexibility index (Phi) is 4.28. The number of hydrogen-bond donors (Lipinski definition) is 2. The lowest BCUT2D eigenvalue weighted by Crippen LogP contribution is -2.14. The topological polar surface area (TPSA) is 96.0 Å². The summed E-state index contributed by atoms with van der Waals surface area (Å²) in [4.78, 5) is -0.137. The molecule has 0 fully saturated rings. The number of benzene rings is 2. The van der Waals surface area contributed by atoms with E-state index in [4.69, 9.17) is 34.2 Å². The van der Waals surface area contributed by atoms with E-state index in [1.165, 1.54) is 36.4 Å². The molecule has 0 aliphatic rings. The van der Waals surface area contributed by atoms with Gasteiger partial charge in [0.05, 0.1) is 16.3 Å². The van der Waals surface area contributed by atoms with Crippen molar-refractivity contribution in [2.45, 2.75) is 4.90 Å². The molecule has 0 spiro atoms. The van der Waals surface area contributed by atoms with E-state index >= 15 is 0 Å². The van der Waals surface area contributed by atoms with Crippen molar-refractivity contribution < 1.29 is 8.42 Å². The van der Waals surface area contributed by atoms with Crippen LogP contribution >= 0.6 is 23.2 Å². The van der Waals surface area contributed by atoms with Gasteiger partial charge in [-0.05, 0) is 36.4 Å². The summed E-state index contributed by atoms with van der Waals surface area (Å²) < 4.78 is 26.9. The van der Waals surface area contributed by atoms with Gasteiger partial charge in [-0.3, -0.25) is 4.72 Å². The molecule has 2 aromatic rings. The van der Waals surface area contributed by atoms with Gasteiger partial charge in [0.2, 0.25) is 0 Å². The zero-order chi connectivity index (χ0) is 15.6. The van der Waals surface area contributed by atoms with E-state index in [1.54, 1.807) is 0 Å². The Balaban J connectivity index is 2.47. The lowest BCUT2D eigenvalue weighted by molar-refractivity contribution is 0.601. The molecule has 0 heterocycles. The SMILES string of the molecule is N#Cc1ccc(Cl)cc1NS(=O)(=O)c1ccc(N)cc1Cl. The Bertz CT molecular complexity index is 845. The predicted octanol–water partition coefficient (Wildman–Crippen LogP) is 3.25. The summed E-state index contributed by atoms with van der Waals surface area (Å²) in [7, 11) is -3.96. The second-order valence-corrected chi connectivity index (χ2v) is 6.59. The molecule has 0 aromatic heterocycles. The Hall–Kier alpha value is -1.94. The summed E-state index contributed by atoms with van der Waals surface area (Å²) in [6, 6.07) is 10.2. The summed E-state index contributed by atoms with van der Waals surface area (Å²) in [5, 5.41) is 9.29. The van der Waals surface area contributed by atoms with Crippen LogP contribution in [0, 0.1) is 11.3 Å². The van der Waals surface area contributed by atoms with Crippen LogP contribution in [0.1, 0.15) is 5.56 Å². The summed E-state index contributed by atoms with van der Waals surface area (Å²) in [5.41, 5.74) is 6.10. The summed E-state index contributed by atoms with van der Waals surface area (Å²) in [6.07, 6.45) is 0. The van der Waals surface area contributed by atoms with Crippen molar-refractivity contribution in [2.75, 3.05) is 10.5 Å². The number of hydrogen-bond acceptors (Lipinski definition) is 4. The van der Waals surface area contributed by atoms with Gasteiger partial charge in [-0.2, -0.15) is 5.26 Å². The smallest absolute Gasteiger partial charge is 0.263 e. The number of nitrogen functional groups attached to an aromatic ring is 1. The minimum Gasteiger partial charge on any atom is -0.399 e. The van der Waals surface area contributed by atoms with Crippen LogP contribution in [0.5, 0.6) is 0 Å². The molecular formula is C13H9Cl2N3O2S. The molecule has 108 valence electrons.